The van der Waals surface area contributed by atoms with Crippen LogP contribution in [0.15, 0.2) is 59.8 Å². The molecule has 0 bridgehead atoms. The summed E-state index contributed by atoms with van der Waals surface area (Å²) in [7, 11) is 0. The van der Waals surface area contributed by atoms with Crippen molar-refractivity contribution >= 4 is 23.0 Å². The van der Waals surface area contributed by atoms with E-state index in [1.165, 1.54) is 0 Å². The van der Waals surface area contributed by atoms with Gasteiger partial charge in [0.2, 0.25) is 6.79 Å². The fourth-order valence-electron chi connectivity index (χ4n) is 3.06. The normalized spacial score (nSPS) is 12.7. The number of rotatable bonds is 4. The maximum Gasteiger partial charge on any atom is 0.289 e. The summed E-state index contributed by atoms with van der Waals surface area (Å²) in [5.74, 6) is 0.981. The van der Waals surface area contributed by atoms with Crippen molar-refractivity contribution in [1.29, 1.82) is 0 Å². The first-order chi connectivity index (χ1) is 13.8. The maximum atomic E-state index is 12.3. The van der Waals surface area contributed by atoms with Crippen LogP contribution >= 0.6 is 0 Å². The number of aromatic nitrogens is 3. The number of hydrogen-bond donors (Lipinski definition) is 3. The zero-order valence-corrected chi connectivity index (χ0v) is 14.6. The van der Waals surface area contributed by atoms with E-state index in [0.717, 1.165) is 22.0 Å². The molecule has 28 heavy (non-hydrogen) atoms. The number of ether oxygens (including phenoxy) is 2. The van der Waals surface area contributed by atoms with Gasteiger partial charge in [0.05, 0.1) is 11.9 Å². The molecule has 3 heterocycles. The molecule has 1 amide bonds. The molecular formula is C20H15N5O3. The fraction of sp³-hybridized carbons (Fsp3) is 0.0500. The highest BCUT2D eigenvalue weighted by Gasteiger charge is 2.16. The van der Waals surface area contributed by atoms with Crippen molar-refractivity contribution in [1.82, 2.24) is 20.6 Å². The van der Waals surface area contributed by atoms with Crippen LogP contribution in [0.3, 0.4) is 0 Å². The molecule has 8 nitrogen and oxygen atoms in total. The number of carbonyl (C=O) groups is 1. The fourth-order valence-corrected chi connectivity index (χ4v) is 3.06. The van der Waals surface area contributed by atoms with Crippen molar-refractivity contribution < 1.29 is 14.3 Å². The molecule has 0 saturated heterocycles. The summed E-state index contributed by atoms with van der Waals surface area (Å²) in [6.45, 7) is 0.210. The molecule has 4 aromatic rings. The van der Waals surface area contributed by atoms with Gasteiger partial charge in [-0.3, -0.25) is 9.89 Å². The predicted octanol–water partition coefficient (Wildman–Crippen LogP) is 3.05. The van der Waals surface area contributed by atoms with Crippen LogP contribution < -0.4 is 14.9 Å². The first-order valence-corrected chi connectivity index (χ1v) is 8.63. The summed E-state index contributed by atoms with van der Waals surface area (Å²) in [5, 5.41) is 12.0. The molecular weight excluding hydrogens is 358 g/mol. The van der Waals surface area contributed by atoms with E-state index in [1.54, 1.807) is 12.3 Å². The number of aromatic amines is 2. The average Bonchev–Trinajstić information content (AvgIpc) is 3.46. The number of para-hydroxylation sites is 1. The van der Waals surface area contributed by atoms with Gasteiger partial charge < -0.3 is 14.5 Å². The summed E-state index contributed by atoms with van der Waals surface area (Å²) in [6.07, 6.45) is 3.44. The van der Waals surface area contributed by atoms with Gasteiger partial charge in [-0.2, -0.15) is 10.2 Å². The number of fused-ring (bicyclic) bond motifs is 2. The van der Waals surface area contributed by atoms with Crippen LogP contribution in [0.4, 0.5) is 0 Å². The number of hydrogen-bond acceptors (Lipinski definition) is 5. The molecule has 1 aliphatic heterocycles. The standard InChI is InChI=1S/C20H15N5O3/c26-20(25-22-10-13-9-21-15-4-2-1-3-14(13)15)17-8-16(23-24-17)12-5-6-18-19(7-12)28-11-27-18/h1-10,21H,11H2,(H,23,24)(H,25,26)/b22-10+. The van der Waals surface area contributed by atoms with Gasteiger partial charge in [-0.25, -0.2) is 5.43 Å². The van der Waals surface area contributed by atoms with Crippen molar-refractivity contribution in [3.8, 4) is 22.8 Å². The highest BCUT2D eigenvalue weighted by molar-refractivity contribution is 6.00. The molecule has 138 valence electrons. The Morgan fingerprint density at radius 2 is 2.04 bits per heavy atom. The van der Waals surface area contributed by atoms with E-state index < -0.39 is 0 Å². The van der Waals surface area contributed by atoms with Crippen LogP contribution in [0.1, 0.15) is 16.1 Å². The van der Waals surface area contributed by atoms with E-state index in [2.05, 4.69) is 25.7 Å². The molecule has 2 aromatic carbocycles. The van der Waals surface area contributed by atoms with Crippen LogP contribution in [0.25, 0.3) is 22.2 Å². The highest BCUT2D eigenvalue weighted by atomic mass is 16.7. The largest absolute Gasteiger partial charge is 0.454 e. The monoisotopic (exact) mass is 373 g/mol. The Morgan fingerprint density at radius 1 is 1.14 bits per heavy atom. The summed E-state index contributed by atoms with van der Waals surface area (Å²) < 4.78 is 10.7. The van der Waals surface area contributed by atoms with Gasteiger partial charge in [0.15, 0.2) is 11.5 Å². The Balaban J connectivity index is 1.30. The third kappa shape index (κ3) is 2.86. The molecule has 5 rings (SSSR count). The molecule has 2 aromatic heterocycles. The van der Waals surface area contributed by atoms with Crippen LogP contribution in [0.5, 0.6) is 11.5 Å². The number of nitrogens with zero attached hydrogens (tertiary/aromatic N) is 2. The minimum Gasteiger partial charge on any atom is -0.454 e. The Bertz CT molecular complexity index is 1210. The molecule has 3 N–H and O–H groups in total. The van der Waals surface area contributed by atoms with Gasteiger partial charge in [-0.05, 0) is 30.3 Å². The van der Waals surface area contributed by atoms with E-state index in [4.69, 9.17) is 9.47 Å². The second-order valence-electron chi connectivity index (χ2n) is 6.22. The lowest BCUT2D eigenvalue weighted by Gasteiger charge is -1.99. The number of H-pyrrole nitrogens is 2. The lowest BCUT2D eigenvalue weighted by Crippen LogP contribution is -2.17. The Morgan fingerprint density at radius 3 is 3.00 bits per heavy atom. The van der Waals surface area contributed by atoms with Crippen LogP contribution in [-0.4, -0.2) is 34.1 Å². The van der Waals surface area contributed by atoms with E-state index in [1.807, 2.05) is 48.7 Å². The van der Waals surface area contributed by atoms with E-state index >= 15 is 0 Å². The molecule has 0 aliphatic carbocycles. The lowest BCUT2D eigenvalue weighted by atomic mass is 10.1. The van der Waals surface area contributed by atoms with E-state index in [-0.39, 0.29) is 12.7 Å². The van der Waals surface area contributed by atoms with Crippen LogP contribution in [0, 0.1) is 0 Å². The van der Waals surface area contributed by atoms with Crippen LogP contribution in [0.2, 0.25) is 0 Å². The number of benzene rings is 2. The molecule has 0 saturated carbocycles. The molecule has 0 spiro atoms. The predicted molar refractivity (Wildman–Crippen MR) is 104 cm³/mol. The van der Waals surface area contributed by atoms with Crippen molar-refractivity contribution in [3.63, 3.8) is 0 Å². The number of amides is 1. The third-order valence-corrected chi connectivity index (χ3v) is 4.48. The maximum absolute atomic E-state index is 12.3. The van der Waals surface area contributed by atoms with Crippen molar-refractivity contribution in [3.05, 3.63) is 66.0 Å². The first-order valence-electron chi connectivity index (χ1n) is 8.63. The smallest absolute Gasteiger partial charge is 0.289 e. The highest BCUT2D eigenvalue weighted by Crippen LogP contribution is 2.35. The molecule has 0 unspecified atom stereocenters. The minimum atomic E-state index is -0.379. The molecule has 8 heteroatoms. The quantitative estimate of drug-likeness (QED) is 0.378. The van der Waals surface area contributed by atoms with Crippen molar-refractivity contribution in [2.75, 3.05) is 6.79 Å². The number of carbonyl (C=O) groups excluding carboxylic acids is 1. The molecule has 0 radical (unpaired) electrons. The summed E-state index contributed by atoms with van der Waals surface area (Å²) in [5.41, 5.74) is 6.17. The SMILES string of the molecule is O=C(N/N=C/c1c[nH]c2ccccc12)c1cc(-c2ccc3c(c2)OCO3)n[nH]1. The first kappa shape index (κ1) is 16.1. The van der Waals surface area contributed by atoms with Gasteiger partial charge >= 0.3 is 0 Å². The average molecular weight is 373 g/mol. The third-order valence-electron chi connectivity index (χ3n) is 4.48. The van der Waals surface area contributed by atoms with Gasteiger partial charge in [0.25, 0.3) is 5.91 Å². The van der Waals surface area contributed by atoms with Crippen molar-refractivity contribution in [2.45, 2.75) is 0 Å². The van der Waals surface area contributed by atoms with Gasteiger partial charge in [-0.1, -0.05) is 18.2 Å². The van der Waals surface area contributed by atoms with Gasteiger partial charge in [0, 0.05) is 28.2 Å². The zero-order valence-electron chi connectivity index (χ0n) is 14.6. The second-order valence-corrected chi connectivity index (χ2v) is 6.22. The molecule has 1 aliphatic rings. The summed E-state index contributed by atoms with van der Waals surface area (Å²) in [6, 6.07) is 15.0. The van der Waals surface area contributed by atoms with Gasteiger partial charge in [0.1, 0.15) is 5.69 Å². The number of nitrogens with one attached hydrogen (secondary N) is 3. The van der Waals surface area contributed by atoms with E-state index in [9.17, 15) is 4.79 Å². The molecule has 0 fully saturated rings. The Kier molecular flexibility index (Phi) is 3.79. The second kappa shape index (κ2) is 6.58. The van der Waals surface area contributed by atoms with Gasteiger partial charge in [-0.15, -0.1) is 0 Å². The van der Waals surface area contributed by atoms with Crippen molar-refractivity contribution in [2.24, 2.45) is 5.10 Å². The summed E-state index contributed by atoms with van der Waals surface area (Å²) >= 11 is 0. The number of hydrazone groups is 1. The lowest BCUT2D eigenvalue weighted by molar-refractivity contribution is 0.0950. The Hall–Kier alpha value is -4.07. The minimum absolute atomic E-state index is 0.210. The summed E-state index contributed by atoms with van der Waals surface area (Å²) in [4.78, 5) is 15.5. The van der Waals surface area contributed by atoms with Crippen LogP contribution in [-0.2, 0) is 0 Å². The van der Waals surface area contributed by atoms with E-state index in [0.29, 0.717) is 22.9 Å². The zero-order chi connectivity index (χ0) is 18.9. The topological polar surface area (TPSA) is 104 Å². The Labute approximate surface area is 159 Å². The molecule has 0 atom stereocenters.